The Morgan fingerprint density at radius 1 is 0.354 bits per heavy atom. The summed E-state index contributed by atoms with van der Waals surface area (Å²) in [4.78, 5) is 84.4. The first-order valence-electron chi connectivity index (χ1n) is 37.5. The molecule has 6 saturated heterocycles. The zero-order valence-corrected chi connectivity index (χ0v) is 51.6. The fraction of sp³-hybridized carbons (Fsp3) is 0.742. The highest BCUT2D eigenvalue weighted by atomic mass is 16.2. The number of imide groups is 1. The zero-order valence-electron chi connectivity index (χ0n) is 74.6. The van der Waals surface area contributed by atoms with Crippen molar-refractivity contribution in [3.63, 3.8) is 0 Å². The molecular formula is C66H116N6O7. The maximum Gasteiger partial charge on any atom is 0.233 e. The van der Waals surface area contributed by atoms with Gasteiger partial charge in [0.1, 0.15) is 0 Å². The highest BCUT2D eigenvalue weighted by Gasteiger charge is 2.51. The SMILES string of the molecule is C.[2H]C1([2H])C(=C)NC(=O)C(C)(C(C)(C)C)C1([2H])[2H].[2H]C1C(=C)N([2H])C(=O)C(C)(C(C)(C)C)C1([2H])[2H].[2H]C1C(=C)N([2H])C(=O)C(C)(C(C)(C)C)C1[2H].[2H]C1C([2H])([2H])C(=O)N([2H])C(=O)C1(C)C(C)(C)C.[2H]N1C(=C)C([2H])([2H])C([2H])([2H])C(C)(C(C)(C)C)C1=O.[2H]N1C(=C)C([2H])([2H])CC(C)(C(C)(C)C)C1=O. The normalized spacial score (nSPS) is 42.8. The number of hydrogen-bond donors (Lipinski definition) is 6. The van der Waals surface area contributed by atoms with Gasteiger partial charge in [-0.05, 0) is 103 Å². The molecule has 6 heterocycles. The number of piperidine rings is 6. The van der Waals surface area contributed by atoms with E-state index < -0.39 is 176 Å². The fourth-order valence-corrected chi connectivity index (χ4v) is 6.66. The Labute approximate surface area is 514 Å². The van der Waals surface area contributed by atoms with Crippen molar-refractivity contribution in [1.82, 2.24) is 31.9 Å². The van der Waals surface area contributed by atoms with Crippen LogP contribution in [0.2, 0.25) is 7.06 Å². The van der Waals surface area contributed by atoms with Gasteiger partial charge in [-0.3, -0.25) is 38.9 Å². The summed E-state index contributed by atoms with van der Waals surface area (Å²) in [5.41, 5.74) is -12.4. The van der Waals surface area contributed by atoms with Gasteiger partial charge >= 0.3 is 0 Å². The van der Waals surface area contributed by atoms with Crippen LogP contribution in [0.3, 0.4) is 0 Å². The van der Waals surface area contributed by atoms with Gasteiger partial charge in [-0.1, -0.05) is 206 Å². The van der Waals surface area contributed by atoms with Crippen molar-refractivity contribution in [2.75, 3.05) is 0 Å². The number of carbonyl (C=O) groups is 7. The van der Waals surface area contributed by atoms with E-state index in [1.807, 2.05) is 41.5 Å². The fourth-order valence-electron chi connectivity index (χ4n) is 6.66. The molecule has 452 valence electrons. The van der Waals surface area contributed by atoms with E-state index in [9.17, 15) is 33.6 Å². The molecule has 6 fully saturated rings. The van der Waals surface area contributed by atoms with Crippen LogP contribution in [0.25, 0.3) is 0 Å². The second-order valence-corrected chi connectivity index (χ2v) is 27.6. The van der Waals surface area contributed by atoms with E-state index in [2.05, 4.69) is 38.2 Å². The van der Waals surface area contributed by atoms with Crippen LogP contribution in [0.1, 0.15) is 275 Å². The van der Waals surface area contributed by atoms with Crippen molar-refractivity contribution in [3.8, 4) is 0 Å². The Morgan fingerprint density at radius 3 is 1.05 bits per heavy atom. The third-order valence-corrected chi connectivity index (χ3v) is 16.6. The van der Waals surface area contributed by atoms with Gasteiger partial charge in [-0.25, -0.2) is 0 Å². The van der Waals surface area contributed by atoms with Crippen molar-refractivity contribution in [2.24, 2.45) is 65.0 Å². The molecule has 0 bridgehead atoms. The van der Waals surface area contributed by atoms with E-state index in [-0.39, 0.29) is 47.9 Å². The average molecular weight is 1130 g/mol. The maximum atomic E-state index is 12.3. The third kappa shape index (κ3) is 17.6. The zero-order chi connectivity index (χ0) is 82.0. The summed E-state index contributed by atoms with van der Waals surface area (Å²) >= 11 is 0. The lowest BCUT2D eigenvalue weighted by atomic mass is 9.63. The van der Waals surface area contributed by atoms with Gasteiger partial charge in [-0.2, -0.15) is 0 Å². The van der Waals surface area contributed by atoms with E-state index >= 15 is 0 Å². The molecule has 6 aliphatic rings. The molecule has 79 heavy (non-hydrogen) atoms. The first-order valence-corrected chi connectivity index (χ1v) is 26.0. The van der Waals surface area contributed by atoms with Gasteiger partial charge in [-0.15, -0.1) is 0 Å². The monoisotopic (exact) mass is 1130 g/mol. The lowest BCUT2D eigenvalue weighted by Crippen LogP contribution is -2.53. The molecule has 10 atom stereocenters. The van der Waals surface area contributed by atoms with E-state index in [1.165, 1.54) is 27.7 Å². The predicted octanol–water partition coefficient (Wildman–Crippen LogP) is 14.4. The van der Waals surface area contributed by atoms with Crippen LogP contribution >= 0.6 is 0 Å². The second kappa shape index (κ2) is 26.0. The van der Waals surface area contributed by atoms with Gasteiger partial charge in [0.15, 0.2) is 7.06 Å². The minimum absolute atomic E-state index is 0. The molecule has 0 aromatic heterocycles. The molecule has 0 aromatic rings. The Morgan fingerprint density at radius 2 is 0.646 bits per heavy atom. The highest BCUT2D eigenvalue weighted by molar-refractivity contribution is 6.00. The summed E-state index contributed by atoms with van der Waals surface area (Å²) in [5.74, 6) is -4.80. The number of allylic oxidation sites excluding steroid dienone is 5. The molecule has 6 aliphatic heterocycles. The van der Waals surface area contributed by atoms with Crippen LogP contribution < -0.4 is 31.9 Å². The van der Waals surface area contributed by atoms with Gasteiger partial charge < -0.3 is 26.6 Å². The second-order valence-electron chi connectivity index (χ2n) is 27.6. The Bertz CT molecular complexity index is 3330. The van der Waals surface area contributed by atoms with Gasteiger partial charge in [0.05, 0.1) is 32.5 Å². The highest BCUT2D eigenvalue weighted by Crippen LogP contribution is 2.49. The predicted molar refractivity (Wildman–Crippen MR) is 327 cm³/mol. The van der Waals surface area contributed by atoms with Crippen LogP contribution in [-0.2, 0) is 33.6 Å². The van der Waals surface area contributed by atoms with Crippen molar-refractivity contribution in [3.05, 3.63) is 61.4 Å². The quantitative estimate of drug-likeness (QED) is 0.130. The summed E-state index contributed by atoms with van der Waals surface area (Å²) < 4.78 is 180. The van der Waals surface area contributed by atoms with E-state index in [0.29, 0.717) is 21.2 Å². The first-order chi connectivity index (χ1) is 43.8. The topological polar surface area (TPSA) is 192 Å². The Kier molecular flexibility index (Phi) is 14.1. The standard InChI is InChI=1S/5C11H19NO.C10H17NO2.CH4/c5*1-8-6-7-11(5,9(13)12-8)10(2,3)4;1-9(2,3)10(4)6-5-7(12)11-8(10)13;/h5*1,6-7H2,2-5H3,(H,12,13);5-6H2,1-4H3,(H,11,12,13);1H4/i2*6D2,7D2;6D,7D2;6D,7D;6D2;5D2,6D;/hD5. The Hall–Kier alpha value is -4.81. The number of nitrogens with one attached hydrogen (secondary N) is 6. The van der Waals surface area contributed by atoms with Crippen molar-refractivity contribution < 1.29 is 65.3 Å². The van der Waals surface area contributed by atoms with Crippen LogP contribution in [0, 0.1) is 65.0 Å². The summed E-state index contributed by atoms with van der Waals surface area (Å²) in [6.07, 6.45) is -20.3. The molecule has 10 unspecified atom stereocenters. The number of hydrogen-bond acceptors (Lipinski definition) is 7. The van der Waals surface area contributed by atoms with Crippen molar-refractivity contribution in [1.29, 1.82) is 0 Å². The molecule has 6 N–H and O–H groups in total. The van der Waals surface area contributed by atoms with Crippen molar-refractivity contribution >= 4 is 41.4 Å². The molecule has 7 amide bonds. The molecule has 0 saturated carbocycles. The van der Waals surface area contributed by atoms with Crippen LogP contribution in [-0.4, -0.2) is 41.4 Å². The van der Waals surface area contributed by atoms with Gasteiger partial charge in [0.2, 0.25) is 41.4 Å². The molecule has 13 heteroatoms. The Balaban J connectivity index is 0.00000120. The largest absolute Gasteiger partial charge is 0.330 e. The summed E-state index contributed by atoms with van der Waals surface area (Å²) in [6.45, 7) is 58.2. The van der Waals surface area contributed by atoms with E-state index in [1.54, 1.807) is 96.9 Å². The average Bonchev–Trinajstić information content (AvgIpc) is 0.709. The van der Waals surface area contributed by atoms with Crippen molar-refractivity contribution in [2.45, 2.75) is 250 Å². The summed E-state index contributed by atoms with van der Waals surface area (Å²) in [5, 5.41) is 4.72. The van der Waals surface area contributed by atoms with Crippen LogP contribution in [0.4, 0.5) is 0 Å². The maximum absolute atomic E-state index is 12.3. The third-order valence-electron chi connectivity index (χ3n) is 16.6. The molecule has 0 radical (unpaired) electrons. The minimum atomic E-state index is -2.52. The molecule has 0 aliphatic carbocycles. The number of rotatable bonds is 0. The van der Waals surface area contributed by atoms with E-state index in [0.717, 1.165) is 0 Å². The first kappa shape index (κ1) is 43.0. The molecule has 6 rings (SSSR count). The van der Waals surface area contributed by atoms with Crippen LogP contribution in [0.5, 0.6) is 0 Å². The smallest absolute Gasteiger partial charge is 0.233 e. The lowest BCUT2D eigenvalue weighted by Gasteiger charge is -2.43. The minimum Gasteiger partial charge on any atom is -0.330 e. The number of amides is 7. The molecule has 0 spiro atoms. The molecule has 13 nitrogen and oxygen atoms in total. The molecular weight excluding hydrogens is 989 g/mol. The molecule has 0 aromatic carbocycles. The number of carbonyl (C=O) groups excluding carboxylic acids is 7. The summed E-state index contributed by atoms with van der Waals surface area (Å²) in [6, 6.07) is 0. The van der Waals surface area contributed by atoms with Gasteiger partial charge in [0, 0.05) is 59.5 Å². The summed E-state index contributed by atoms with van der Waals surface area (Å²) in [7, 11) is 0. The van der Waals surface area contributed by atoms with Gasteiger partial charge in [0.25, 0.3) is 0 Å². The van der Waals surface area contributed by atoms with Crippen LogP contribution in [0.15, 0.2) is 61.4 Å². The van der Waals surface area contributed by atoms with E-state index in [4.69, 9.17) is 31.7 Å². The lowest BCUT2D eigenvalue weighted by molar-refractivity contribution is -0.147.